The standard InChI is InChI=1S/C6H11NO8/c1-4(11,3(9)10)6(14,15)5(12,13)2(7)8/h11-15H,1H3,(H2,7,8)(H,9,10). The molecule has 0 bridgehead atoms. The lowest BCUT2D eigenvalue weighted by atomic mass is 9.87. The second kappa shape index (κ2) is 3.40. The van der Waals surface area contributed by atoms with Gasteiger partial charge in [-0.1, -0.05) is 0 Å². The Morgan fingerprint density at radius 2 is 1.40 bits per heavy atom. The first-order valence-electron chi connectivity index (χ1n) is 3.54. The highest BCUT2D eigenvalue weighted by molar-refractivity contribution is 5.86. The van der Waals surface area contributed by atoms with Gasteiger partial charge in [-0.2, -0.15) is 0 Å². The number of carboxylic acids is 1. The van der Waals surface area contributed by atoms with E-state index in [9.17, 15) is 9.59 Å². The van der Waals surface area contributed by atoms with Gasteiger partial charge in [-0.25, -0.2) is 4.79 Å². The molecule has 0 aliphatic heterocycles. The van der Waals surface area contributed by atoms with E-state index in [0.717, 1.165) is 0 Å². The second-order valence-electron chi connectivity index (χ2n) is 3.09. The Morgan fingerprint density at radius 1 is 1.07 bits per heavy atom. The SMILES string of the molecule is CC(O)(C(=O)O)C(O)(O)C(O)(O)C(N)=O. The molecule has 1 unspecified atom stereocenters. The van der Waals surface area contributed by atoms with E-state index in [-0.39, 0.29) is 0 Å². The number of rotatable bonds is 4. The Bertz CT molecular complexity index is 266. The number of hydrogen-bond acceptors (Lipinski definition) is 7. The maximum Gasteiger partial charge on any atom is 0.341 e. The van der Waals surface area contributed by atoms with Crippen molar-refractivity contribution in [1.29, 1.82) is 0 Å². The van der Waals surface area contributed by atoms with E-state index in [1.807, 2.05) is 0 Å². The van der Waals surface area contributed by atoms with Gasteiger partial charge in [0, 0.05) is 0 Å². The van der Waals surface area contributed by atoms with Crippen molar-refractivity contribution in [2.75, 3.05) is 0 Å². The first-order chi connectivity index (χ1) is 6.39. The van der Waals surface area contributed by atoms with Crippen LogP contribution in [-0.4, -0.2) is 59.7 Å². The van der Waals surface area contributed by atoms with E-state index in [4.69, 9.17) is 30.6 Å². The van der Waals surface area contributed by atoms with Gasteiger partial charge in [-0.05, 0) is 6.92 Å². The summed E-state index contributed by atoms with van der Waals surface area (Å²) < 4.78 is 0. The van der Waals surface area contributed by atoms with Gasteiger partial charge in [0.25, 0.3) is 11.7 Å². The predicted octanol–water partition coefficient (Wildman–Crippen LogP) is -4.33. The van der Waals surface area contributed by atoms with Crippen LogP contribution >= 0.6 is 0 Å². The number of carbonyl (C=O) groups is 2. The Balaban J connectivity index is 5.50. The van der Waals surface area contributed by atoms with Crippen LogP contribution in [0.25, 0.3) is 0 Å². The summed E-state index contributed by atoms with van der Waals surface area (Å²) in [5.74, 6) is -12.3. The Kier molecular flexibility index (Phi) is 3.11. The minimum absolute atomic E-state index is 0.347. The summed E-state index contributed by atoms with van der Waals surface area (Å²) in [5.41, 5.74) is 0.979. The molecule has 0 radical (unpaired) electrons. The van der Waals surface area contributed by atoms with Crippen LogP contribution in [0.5, 0.6) is 0 Å². The number of amides is 1. The highest BCUT2D eigenvalue weighted by atomic mass is 16.6. The lowest BCUT2D eigenvalue weighted by molar-refractivity contribution is -0.382. The minimum Gasteiger partial charge on any atom is -0.479 e. The molecule has 1 amide bonds. The average Bonchev–Trinajstić information content (AvgIpc) is 2.02. The smallest absolute Gasteiger partial charge is 0.341 e. The van der Waals surface area contributed by atoms with Crippen molar-refractivity contribution in [1.82, 2.24) is 0 Å². The summed E-state index contributed by atoms with van der Waals surface area (Å²) in [4.78, 5) is 20.8. The monoisotopic (exact) mass is 225 g/mol. The summed E-state index contributed by atoms with van der Waals surface area (Å²) in [5, 5.41) is 53.2. The van der Waals surface area contributed by atoms with Gasteiger partial charge in [-0.15, -0.1) is 0 Å². The molecule has 9 heteroatoms. The van der Waals surface area contributed by atoms with E-state index >= 15 is 0 Å². The molecule has 0 aromatic heterocycles. The van der Waals surface area contributed by atoms with Crippen LogP contribution in [0.2, 0.25) is 0 Å². The molecule has 0 saturated carbocycles. The molecule has 88 valence electrons. The quantitative estimate of drug-likeness (QED) is 0.234. The van der Waals surface area contributed by atoms with Crippen LogP contribution < -0.4 is 5.73 Å². The van der Waals surface area contributed by atoms with Gasteiger partial charge in [0.2, 0.25) is 5.60 Å². The molecule has 8 N–H and O–H groups in total. The van der Waals surface area contributed by atoms with Gasteiger partial charge in [0.1, 0.15) is 0 Å². The Morgan fingerprint density at radius 3 is 1.60 bits per heavy atom. The fourth-order valence-corrected chi connectivity index (χ4v) is 0.660. The van der Waals surface area contributed by atoms with Crippen molar-refractivity contribution >= 4 is 11.9 Å². The van der Waals surface area contributed by atoms with Crippen molar-refractivity contribution in [3.63, 3.8) is 0 Å². The normalized spacial score (nSPS) is 16.9. The van der Waals surface area contributed by atoms with Gasteiger partial charge in [-0.3, -0.25) is 4.79 Å². The molecule has 9 nitrogen and oxygen atoms in total. The zero-order chi connectivity index (χ0) is 12.7. The number of nitrogens with two attached hydrogens (primary N) is 1. The second-order valence-corrected chi connectivity index (χ2v) is 3.09. The molecule has 0 aliphatic carbocycles. The number of aliphatic hydroxyl groups is 5. The summed E-state index contributed by atoms with van der Waals surface area (Å²) >= 11 is 0. The third-order valence-electron chi connectivity index (χ3n) is 1.92. The first kappa shape index (κ1) is 13.7. The molecule has 0 aliphatic rings. The molecular formula is C6H11NO8. The molecule has 0 saturated heterocycles. The van der Waals surface area contributed by atoms with Crippen LogP contribution in [0.4, 0.5) is 0 Å². The van der Waals surface area contributed by atoms with Crippen molar-refractivity contribution in [2.45, 2.75) is 24.1 Å². The van der Waals surface area contributed by atoms with Gasteiger partial charge in [0.15, 0.2) is 0 Å². The first-order valence-corrected chi connectivity index (χ1v) is 3.54. The number of carbonyl (C=O) groups excluding carboxylic acids is 1. The van der Waals surface area contributed by atoms with Crippen LogP contribution in [0, 0.1) is 0 Å². The molecule has 0 heterocycles. The molecule has 1 atom stereocenters. The maximum absolute atomic E-state index is 10.4. The van der Waals surface area contributed by atoms with E-state index < -0.39 is 29.1 Å². The number of aliphatic carboxylic acids is 1. The largest absolute Gasteiger partial charge is 0.479 e. The van der Waals surface area contributed by atoms with E-state index in [0.29, 0.717) is 6.92 Å². The zero-order valence-electron chi connectivity index (χ0n) is 7.58. The predicted molar refractivity (Wildman–Crippen MR) is 41.8 cm³/mol. The maximum atomic E-state index is 10.4. The minimum atomic E-state index is -4.07. The average molecular weight is 225 g/mol. The van der Waals surface area contributed by atoms with Crippen LogP contribution in [0.1, 0.15) is 6.92 Å². The number of carboxylic acid groups (broad SMARTS) is 1. The zero-order valence-corrected chi connectivity index (χ0v) is 7.58. The summed E-state index contributed by atoms with van der Waals surface area (Å²) in [6.07, 6.45) is 0. The number of primary amides is 1. The van der Waals surface area contributed by atoms with Crippen LogP contribution in [0.3, 0.4) is 0 Å². The molecular weight excluding hydrogens is 214 g/mol. The molecule has 0 aromatic carbocycles. The highest BCUT2D eigenvalue weighted by Gasteiger charge is 2.66. The van der Waals surface area contributed by atoms with Crippen molar-refractivity contribution in [3.8, 4) is 0 Å². The third kappa shape index (κ3) is 1.78. The van der Waals surface area contributed by atoms with Crippen molar-refractivity contribution in [3.05, 3.63) is 0 Å². The molecule has 0 spiro atoms. The van der Waals surface area contributed by atoms with E-state index in [2.05, 4.69) is 5.73 Å². The summed E-state index contributed by atoms with van der Waals surface area (Å²) in [6, 6.07) is 0. The fraction of sp³-hybridized carbons (Fsp3) is 0.667. The van der Waals surface area contributed by atoms with Gasteiger partial charge in [0.05, 0.1) is 0 Å². The molecule has 0 rings (SSSR count). The number of hydrogen-bond donors (Lipinski definition) is 7. The topological polar surface area (TPSA) is 182 Å². The molecule has 0 fully saturated rings. The summed E-state index contributed by atoms with van der Waals surface area (Å²) in [7, 11) is 0. The van der Waals surface area contributed by atoms with Crippen LogP contribution in [0.15, 0.2) is 0 Å². The highest BCUT2D eigenvalue weighted by Crippen LogP contribution is 2.29. The molecule has 15 heavy (non-hydrogen) atoms. The lowest BCUT2D eigenvalue weighted by Gasteiger charge is -2.39. The Labute approximate surface area is 83.0 Å². The fourth-order valence-electron chi connectivity index (χ4n) is 0.660. The van der Waals surface area contributed by atoms with Crippen molar-refractivity contribution < 1.29 is 40.2 Å². The van der Waals surface area contributed by atoms with E-state index in [1.54, 1.807) is 0 Å². The van der Waals surface area contributed by atoms with E-state index in [1.165, 1.54) is 0 Å². The third-order valence-corrected chi connectivity index (χ3v) is 1.92. The Hall–Kier alpha value is -1.26. The lowest BCUT2D eigenvalue weighted by Crippen LogP contribution is -2.73. The van der Waals surface area contributed by atoms with Gasteiger partial charge >= 0.3 is 11.8 Å². The van der Waals surface area contributed by atoms with Crippen LogP contribution in [-0.2, 0) is 9.59 Å². The summed E-state index contributed by atoms with van der Waals surface area (Å²) in [6.45, 7) is 0.347. The van der Waals surface area contributed by atoms with Crippen molar-refractivity contribution in [2.24, 2.45) is 5.73 Å². The van der Waals surface area contributed by atoms with Gasteiger partial charge < -0.3 is 36.4 Å². The molecule has 0 aromatic rings.